The SMILES string of the molecule is Cc1c([N+](=O)[O-])cccc1S(=O)(=O)NCCCN(C(=O)OC(C)(C)C)C1CC1. The molecule has 2 rings (SSSR count). The Morgan fingerprint density at radius 1 is 1.36 bits per heavy atom. The largest absolute Gasteiger partial charge is 0.444 e. The maximum absolute atomic E-state index is 12.5. The second-order valence-corrected chi connectivity index (χ2v) is 9.55. The summed E-state index contributed by atoms with van der Waals surface area (Å²) in [7, 11) is -3.89. The fraction of sp³-hybridized carbons (Fsp3) is 0.611. The highest BCUT2D eigenvalue weighted by atomic mass is 32.2. The second-order valence-electron chi connectivity index (χ2n) is 7.81. The van der Waals surface area contributed by atoms with Crippen LogP contribution in [0.15, 0.2) is 23.1 Å². The van der Waals surface area contributed by atoms with Gasteiger partial charge < -0.3 is 9.64 Å². The van der Waals surface area contributed by atoms with Crippen LogP contribution in [-0.2, 0) is 14.8 Å². The van der Waals surface area contributed by atoms with E-state index < -0.39 is 26.6 Å². The molecule has 0 unspecified atom stereocenters. The molecule has 28 heavy (non-hydrogen) atoms. The van der Waals surface area contributed by atoms with E-state index in [4.69, 9.17) is 4.74 Å². The van der Waals surface area contributed by atoms with Crippen molar-refractivity contribution in [2.75, 3.05) is 13.1 Å². The number of nitrogens with zero attached hydrogens (tertiary/aromatic N) is 2. The fourth-order valence-corrected chi connectivity index (χ4v) is 4.09. The highest BCUT2D eigenvalue weighted by molar-refractivity contribution is 7.89. The van der Waals surface area contributed by atoms with Gasteiger partial charge in [0.05, 0.1) is 9.82 Å². The molecule has 0 atom stereocenters. The van der Waals surface area contributed by atoms with Crippen molar-refractivity contribution >= 4 is 21.8 Å². The standard InChI is InChI=1S/C18H27N3O6S/c1-13-15(21(23)24)7-5-8-16(13)28(25,26)19-11-6-12-20(14-9-10-14)17(22)27-18(2,3)4/h5,7-8,14,19H,6,9-12H2,1-4H3. The number of rotatable bonds is 8. The van der Waals surface area contributed by atoms with Crippen molar-refractivity contribution in [2.24, 2.45) is 0 Å². The van der Waals surface area contributed by atoms with E-state index in [1.54, 1.807) is 25.7 Å². The van der Waals surface area contributed by atoms with Crippen LogP contribution >= 0.6 is 0 Å². The zero-order chi connectivity index (χ0) is 21.1. The van der Waals surface area contributed by atoms with Gasteiger partial charge in [-0.25, -0.2) is 17.9 Å². The average Bonchev–Trinajstić information content (AvgIpc) is 3.37. The molecule has 0 radical (unpaired) electrons. The molecular formula is C18H27N3O6S. The molecule has 0 bridgehead atoms. The minimum Gasteiger partial charge on any atom is -0.444 e. The van der Waals surface area contributed by atoms with Crippen LogP contribution in [0.2, 0.25) is 0 Å². The summed E-state index contributed by atoms with van der Waals surface area (Å²) in [5.41, 5.74) is -0.744. The molecular weight excluding hydrogens is 386 g/mol. The topological polar surface area (TPSA) is 119 Å². The van der Waals surface area contributed by atoms with Gasteiger partial charge in [0.25, 0.3) is 5.69 Å². The number of hydrogen-bond acceptors (Lipinski definition) is 6. The van der Waals surface area contributed by atoms with Crippen molar-refractivity contribution in [2.45, 2.75) is 63.5 Å². The van der Waals surface area contributed by atoms with Crippen molar-refractivity contribution in [1.82, 2.24) is 9.62 Å². The monoisotopic (exact) mass is 413 g/mol. The van der Waals surface area contributed by atoms with Crippen LogP contribution in [0.4, 0.5) is 10.5 Å². The molecule has 1 amide bonds. The quantitative estimate of drug-likeness (QED) is 0.397. The van der Waals surface area contributed by atoms with Gasteiger partial charge >= 0.3 is 6.09 Å². The number of ether oxygens (including phenoxy) is 1. The van der Waals surface area contributed by atoms with E-state index in [1.807, 2.05) is 0 Å². The molecule has 10 heteroatoms. The number of nitro groups is 1. The van der Waals surface area contributed by atoms with Crippen LogP contribution in [0.5, 0.6) is 0 Å². The molecule has 156 valence electrons. The van der Waals surface area contributed by atoms with Crippen molar-refractivity contribution < 1.29 is 22.9 Å². The normalized spacial score (nSPS) is 14.6. The molecule has 1 aliphatic carbocycles. The zero-order valence-corrected chi connectivity index (χ0v) is 17.4. The Bertz CT molecular complexity index is 843. The Kier molecular flexibility index (Phi) is 6.66. The predicted molar refractivity (Wildman–Crippen MR) is 104 cm³/mol. The number of sulfonamides is 1. The highest BCUT2D eigenvalue weighted by Gasteiger charge is 2.34. The van der Waals surface area contributed by atoms with Gasteiger partial charge in [0, 0.05) is 30.8 Å². The maximum atomic E-state index is 12.5. The van der Waals surface area contributed by atoms with Crippen molar-refractivity contribution in [3.05, 3.63) is 33.9 Å². The van der Waals surface area contributed by atoms with Gasteiger partial charge in [-0.05, 0) is 53.0 Å². The first-order chi connectivity index (χ1) is 12.9. The van der Waals surface area contributed by atoms with Crippen LogP contribution in [0, 0.1) is 17.0 Å². The van der Waals surface area contributed by atoms with Gasteiger partial charge in [-0.15, -0.1) is 0 Å². The lowest BCUT2D eigenvalue weighted by atomic mass is 10.2. The van der Waals surface area contributed by atoms with Gasteiger partial charge in [0.2, 0.25) is 10.0 Å². The summed E-state index contributed by atoms with van der Waals surface area (Å²) >= 11 is 0. The summed E-state index contributed by atoms with van der Waals surface area (Å²) in [4.78, 5) is 24.2. The highest BCUT2D eigenvalue weighted by Crippen LogP contribution is 2.28. The summed E-state index contributed by atoms with van der Waals surface area (Å²) in [5, 5.41) is 11.0. The third-order valence-corrected chi connectivity index (χ3v) is 5.83. The Labute approximate surface area is 165 Å². The fourth-order valence-electron chi connectivity index (χ4n) is 2.76. The number of benzene rings is 1. The zero-order valence-electron chi connectivity index (χ0n) is 16.6. The predicted octanol–water partition coefficient (Wildman–Crippen LogP) is 2.97. The maximum Gasteiger partial charge on any atom is 0.410 e. The summed E-state index contributed by atoms with van der Waals surface area (Å²) in [5.74, 6) is 0. The minimum atomic E-state index is -3.89. The van der Waals surface area contributed by atoms with Crippen molar-refractivity contribution in [1.29, 1.82) is 0 Å². The van der Waals surface area contributed by atoms with Gasteiger partial charge in [-0.2, -0.15) is 0 Å². The third kappa shape index (κ3) is 5.90. The van der Waals surface area contributed by atoms with E-state index in [2.05, 4.69) is 4.72 Å². The molecule has 1 N–H and O–H groups in total. The molecule has 9 nitrogen and oxygen atoms in total. The lowest BCUT2D eigenvalue weighted by molar-refractivity contribution is -0.385. The van der Waals surface area contributed by atoms with E-state index in [0.717, 1.165) is 12.8 Å². The van der Waals surface area contributed by atoms with E-state index >= 15 is 0 Å². The molecule has 1 aromatic carbocycles. The first kappa shape index (κ1) is 22.1. The number of amides is 1. The molecule has 0 aliphatic heterocycles. The Morgan fingerprint density at radius 3 is 2.54 bits per heavy atom. The lowest BCUT2D eigenvalue weighted by Gasteiger charge is -2.27. The number of nitro benzene ring substituents is 1. The van der Waals surface area contributed by atoms with E-state index in [0.29, 0.717) is 13.0 Å². The number of carbonyl (C=O) groups is 1. The number of hydrogen-bond donors (Lipinski definition) is 1. The molecule has 0 aromatic heterocycles. The smallest absolute Gasteiger partial charge is 0.410 e. The third-order valence-electron chi connectivity index (χ3n) is 4.23. The van der Waals surface area contributed by atoms with Crippen LogP contribution < -0.4 is 4.72 Å². The van der Waals surface area contributed by atoms with Crippen molar-refractivity contribution in [3.63, 3.8) is 0 Å². The summed E-state index contributed by atoms with van der Waals surface area (Å²) < 4.78 is 32.9. The van der Waals surface area contributed by atoms with Gasteiger partial charge in [0.15, 0.2) is 0 Å². The molecule has 1 saturated carbocycles. The molecule has 1 fully saturated rings. The van der Waals surface area contributed by atoms with Crippen LogP contribution in [0.25, 0.3) is 0 Å². The summed E-state index contributed by atoms with van der Waals surface area (Å²) in [6.45, 7) is 7.28. The average molecular weight is 413 g/mol. The molecule has 1 aliphatic rings. The van der Waals surface area contributed by atoms with E-state index in [1.165, 1.54) is 25.1 Å². The molecule has 0 spiro atoms. The number of carbonyl (C=O) groups excluding carboxylic acids is 1. The van der Waals surface area contributed by atoms with Crippen LogP contribution in [0.3, 0.4) is 0 Å². The Hall–Kier alpha value is -2.20. The second kappa shape index (κ2) is 8.44. The van der Waals surface area contributed by atoms with E-state index in [9.17, 15) is 23.3 Å². The summed E-state index contributed by atoms with van der Waals surface area (Å²) in [6, 6.07) is 4.09. The molecule has 1 aromatic rings. The van der Waals surface area contributed by atoms with E-state index in [-0.39, 0.29) is 28.7 Å². The van der Waals surface area contributed by atoms with Gasteiger partial charge in [-0.3, -0.25) is 10.1 Å². The first-order valence-corrected chi connectivity index (χ1v) is 10.6. The first-order valence-electron chi connectivity index (χ1n) is 9.15. The Morgan fingerprint density at radius 2 is 2.00 bits per heavy atom. The lowest BCUT2D eigenvalue weighted by Crippen LogP contribution is -2.39. The van der Waals surface area contributed by atoms with Crippen LogP contribution in [0.1, 0.15) is 45.6 Å². The van der Waals surface area contributed by atoms with Crippen LogP contribution in [-0.4, -0.2) is 49.1 Å². The molecule has 0 heterocycles. The van der Waals surface area contributed by atoms with Crippen molar-refractivity contribution in [3.8, 4) is 0 Å². The van der Waals surface area contributed by atoms with Gasteiger partial charge in [-0.1, -0.05) is 6.07 Å². The minimum absolute atomic E-state index is 0.0911. The number of nitrogens with one attached hydrogen (secondary N) is 1. The Balaban J connectivity index is 1.96. The van der Waals surface area contributed by atoms with Gasteiger partial charge in [0.1, 0.15) is 5.60 Å². The molecule has 0 saturated heterocycles. The summed E-state index contributed by atoms with van der Waals surface area (Å²) in [6.07, 6.45) is 1.84.